The van der Waals surface area contributed by atoms with E-state index in [9.17, 15) is 13.2 Å². The molecule has 0 spiro atoms. The zero-order chi connectivity index (χ0) is 22.1. The number of fused-ring (bicyclic) bond motifs is 1. The number of pyridine rings is 1. The Morgan fingerprint density at radius 3 is 2.62 bits per heavy atom. The summed E-state index contributed by atoms with van der Waals surface area (Å²) in [6.45, 7) is 3.18. The molecule has 0 radical (unpaired) electrons. The topological polar surface area (TPSA) is 54.4 Å². The van der Waals surface area contributed by atoms with Crippen LogP contribution in [0.1, 0.15) is 11.3 Å². The average Bonchev–Trinajstić information content (AvgIpc) is 3.25. The van der Waals surface area contributed by atoms with Gasteiger partial charge in [0.1, 0.15) is 5.82 Å². The number of alkyl halides is 3. The number of hydrogen-bond donors (Lipinski definition) is 0. The van der Waals surface area contributed by atoms with Crippen molar-refractivity contribution in [1.82, 2.24) is 19.9 Å². The summed E-state index contributed by atoms with van der Waals surface area (Å²) in [5.41, 5.74) is 0.684. The number of anilines is 1. The van der Waals surface area contributed by atoms with E-state index < -0.39 is 11.9 Å². The highest BCUT2D eigenvalue weighted by molar-refractivity contribution is 5.57. The maximum atomic E-state index is 13.6. The second kappa shape index (κ2) is 8.48. The Balaban J connectivity index is 1.43. The lowest BCUT2D eigenvalue weighted by Crippen LogP contribution is -2.50. The van der Waals surface area contributed by atoms with Gasteiger partial charge in [0, 0.05) is 50.2 Å². The SMILES string of the molecule is FC(F)(F)c1cc(N2CC3OCCN(Cc4ccccc4)C3C2)nc(-c2cccnc2)n1. The van der Waals surface area contributed by atoms with Gasteiger partial charge in [-0.25, -0.2) is 9.97 Å². The normalized spacial score (nSPS) is 21.5. The van der Waals surface area contributed by atoms with Gasteiger partial charge in [-0.1, -0.05) is 30.3 Å². The second-order valence-corrected chi connectivity index (χ2v) is 8.01. The van der Waals surface area contributed by atoms with Gasteiger partial charge in [-0.3, -0.25) is 9.88 Å². The number of ether oxygens (including phenoxy) is 1. The van der Waals surface area contributed by atoms with E-state index in [2.05, 4.69) is 32.0 Å². The summed E-state index contributed by atoms with van der Waals surface area (Å²) in [5, 5.41) is 0. The van der Waals surface area contributed by atoms with E-state index >= 15 is 0 Å². The summed E-state index contributed by atoms with van der Waals surface area (Å²) in [6, 6.07) is 14.6. The Labute approximate surface area is 183 Å². The molecule has 9 heteroatoms. The zero-order valence-corrected chi connectivity index (χ0v) is 17.2. The first-order chi connectivity index (χ1) is 15.5. The first kappa shape index (κ1) is 20.8. The predicted octanol–water partition coefficient (Wildman–Crippen LogP) is 3.65. The number of halogens is 3. The van der Waals surface area contributed by atoms with Crippen molar-refractivity contribution in [1.29, 1.82) is 0 Å². The lowest BCUT2D eigenvalue weighted by atomic mass is 10.1. The van der Waals surface area contributed by atoms with Gasteiger partial charge in [0.05, 0.1) is 18.8 Å². The van der Waals surface area contributed by atoms with Gasteiger partial charge < -0.3 is 9.64 Å². The minimum atomic E-state index is -4.57. The smallest absolute Gasteiger partial charge is 0.373 e. The molecule has 0 saturated carbocycles. The molecular weight excluding hydrogens is 419 g/mol. The van der Waals surface area contributed by atoms with Crippen LogP contribution in [0, 0.1) is 0 Å². The van der Waals surface area contributed by atoms with Crippen LogP contribution >= 0.6 is 0 Å². The van der Waals surface area contributed by atoms with Gasteiger partial charge >= 0.3 is 6.18 Å². The third kappa shape index (κ3) is 4.31. The van der Waals surface area contributed by atoms with Crippen molar-refractivity contribution >= 4 is 5.82 Å². The molecule has 4 heterocycles. The third-order valence-electron chi connectivity index (χ3n) is 5.89. The monoisotopic (exact) mass is 441 g/mol. The Bertz CT molecular complexity index is 1060. The van der Waals surface area contributed by atoms with Gasteiger partial charge in [-0.05, 0) is 17.7 Å². The highest BCUT2D eigenvalue weighted by Crippen LogP contribution is 2.34. The molecule has 2 aliphatic heterocycles. The maximum absolute atomic E-state index is 13.6. The Morgan fingerprint density at radius 2 is 1.88 bits per heavy atom. The third-order valence-corrected chi connectivity index (χ3v) is 5.89. The van der Waals surface area contributed by atoms with Gasteiger partial charge in [0.25, 0.3) is 0 Å². The fraction of sp³-hybridized carbons (Fsp3) is 0.348. The molecule has 1 aromatic carbocycles. The molecule has 2 atom stereocenters. The molecule has 166 valence electrons. The van der Waals surface area contributed by atoms with Crippen LogP contribution in [0.15, 0.2) is 60.9 Å². The zero-order valence-electron chi connectivity index (χ0n) is 17.2. The standard InChI is InChI=1S/C23H22F3N5O/c24-23(25,26)20-11-21(29-22(28-20)17-7-4-8-27-12-17)31-14-18-19(15-31)32-10-9-30(18)13-16-5-2-1-3-6-16/h1-8,11-12,18-19H,9-10,13-15H2. The van der Waals surface area contributed by atoms with Crippen LogP contribution < -0.4 is 4.90 Å². The molecule has 0 bridgehead atoms. The van der Waals surface area contributed by atoms with Crippen molar-refractivity contribution in [2.45, 2.75) is 24.9 Å². The van der Waals surface area contributed by atoms with E-state index in [1.165, 1.54) is 11.8 Å². The first-order valence-corrected chi connectivity index (χ1v) is 10.5. The largest absolute Gasteiger partial charge is 0.433 e. The van der Waals surface area contributed by atoms with Crippen LogP contribution in [0.5, 0.6) is 0 Å². The van der Waals surface area contributed by atoms with E-state index in [4.69, 9.17) is 4.74 Å². The van der Waals surface area contributed by atoms with E-state index in [1.807, 2.05) is 23.1 Å². The lowest BCUT2D eigenvalue weighted by molar-refractivity contribution is -0.141. The number of rotatable bonds is 4. The summed E-state index contributed by atoms with van der Waals surface area (Å²) >= 11 is 0. The van der Waals surface area contributed by atoms with Crippen molar-refractivity contribution in [3.05, 3.63) is 72.2 Å². The van der Waals surface area contributed by atoms with Gasteiger partial charge in [-0.2, -0.15) is 13.2 Å². The quantitative estimate of drug-likeness (QED) is 0.616. The summed E-state index contributed by atoms with van der Waals surface area (Å²) in [4.78, 5) is 16.4. The highest BCUT2D eigenvalue weighted by Gasteiger charge is 2.42. The summed E-state index contributed by atoms with van der Waals surface area (Å²) < 4.78 is 46.8. The predicted molar refractivity (Wildman–Crippen MR) is 113 cm³/mol. The highest BCUT2D eigenvalue weighted by atomic mass is 19.4. The number of nitrogens with zero attached hydrogens (tertiary/aromatic N) is 5. The van der Waals surface area contributed by atoms with Crippen molar-refractivity contribution in [2.24, 2.45) is 0 Å². The van der Waals surface area contributed by atoms with Crippen LogP contribution in [0.25, 0.3) is 11.4 Å². The molecule has 0 N–H and O–H groups in total. The maximum Gasteiger partial charge on any atom is 0.433 e. The van der Waals surface area contributed by atoms with Crippen LogP contribution in [0.4, 0.5) is 19.0 Å². The van der Waals surface area contributed by atoms with Crippen molar-refractivity contribution in [3.8, 4) is 11.4 Å². The number of benzene rings is 1. The first-order valence-electron chi connectivity index (χ1n) is 10.5. The molecule has 2 aliphatic rings. The minimum absolute atomic E-state index is 0.0138. The molecule has 6 nitrogen and oxygen atoms in total. The summed E-state index contributed by atoms with van der Waals surface area (Å²) in [6.07, 6.45) is -1.63. The molecule has 2 saturated heterocycles. The molecule has 2 unspecified atom stereocenters. The van der Waals surface area contributed by atoms with Crippen LogP contribution in [0.2, 0.25) is 0 Å². The van der Waals surface area contributed by atoms with Crippen LogP contribution in [-0.2, 0) is 17.5 Å². The molecule has 2 fully saturated rings. The molecule has 0 amide bonds. The van der Waals surface area contributed by atoms with E-state index in [-0.39, 0.29) is 23.8 Å². The molecule has 0 aliphatic carbocycles. The number of hydrogen-bond acceptors (Lipinski definition) is 6. The van der Waals surface area contributed by atoms with E-state index in [0.29, 0.717) is 25.3 Å². The molecule has 2 aromatic heterocycles. The van der Waals surface area contributed by atoms with Crippen molar-refractivity contribution in [2.75, 3.05) is 31.1 Å². The second-order valence-electron chi connectivity index (χ2n) is 8.01. The summed E-state index contributed by atoms with van der Waals surface area (Å²) in [5.74, 6) is 0.267. The Morgan fingerprint density at radius 1 is 1.03 bits per heavy atom. The van der Waals surface area contributed by atoms with E-state index in [0.717, 1.165) is 19.2 Å². The number of morpholine rings is 1. The minimum Gasteiger partial charge on any atom is -0.373 e. The Hall–Kier alpha value is -3.04. The molecular formula is C23H22F3N5O. The van der Waals surface area contributed by atoms with E-state index in [1.54, 1.807) is 18.3 Å². The fourth-order valence-corrected chi connectivity index (χ4v) is 4.33. The van der Waals surface area contributed by atoms with Crippen LogP contribution in [-0.4, -0.2) is 58.2 Å². The number of aromatic nitrogens is 3. The summed E-state index contributed by atoms with van der Waals surface area (Å²) in [7, 11) is 0. The van der Waals surface area contributed by atoms with Crippen LogP contribution in [0.3, 0.4) is 0 Å². The fourth-order valence-electron chi connectivity index (χ4n) is 4.33. The molecule has 5 rings (SSSR count). The van der Waals surface area contributed by atoms with Crippen molar-refractivity contribution in [3.63, 3.8) is 0 Å². The van der Waals surface area contributed by atoms with Gasteiger partial charge in [-0.15, -0.1) is 0 Å². The van der Waals surface area contributed by atoms with Gasteiger partial charge in [0.2, 0.25) is 0 Å². The molecule has 3 aromatic rings. The molecule has 32 heavy (non-hydrogen) atoms. The average molecular weight is 441 g/mol. The lowest BCUT2D eigenvalue weighted by Gasteiger charge is -2.36. The Kier molecular flexibility index (Phi) is 5.52. The van der Waals surface area contributed by atoms with Gasteiger partial charge in [0.15, 0.2) is 11.5 Å². The van der Waals surface area contributed by atoms with Crippen molar-refractivity contribution < 1.29 is 17.9 Å².